The summed E-state index contributed by atoms with van der Waals surface area (Å²) in [5.74, 6) is 1.20. The third-order valence-corrected chi connectivity index (χ3v) is 9.13. The highest BCUT2D eigenvalue weighted by atomic mass is 19.1. The van der Waals surface area contributed by atoms with Gasteiger partial charge >= 0.3 is 6.01 Å². The number of phenols is 1. The van der Waals surface area contributed by atoms with Gasteiger partial charge in [0.2, 0.25) is 5.88 Å². The molecule has 0 amide bonds. The average Bonchev–Trinajstić information content (AvgIpc) is 3.46. The maximum Gasteiger partial charge on any atom is 0.319 e. The van der Waals surface area contributed by atoms with Crippen LogP contribution in [0.15, 0.2) is 24.3 Å². The van der Waals surface area contributed by atoms with Crippen LogP contribution in [0.3, 0.4) is 0 Å². The van der Waals surface area contributed by atoms with Crippen molar-refractivity contribution < 1.29 is 27.8 Å². The Balaban J connectivity index is 1.45. The number of benzene rings is 2. The summed E-state index contributed by atoms with van der Waals surface area (Å²) in [5.41, 5.74) is -0.763. The van der Waals surface area contributed by atoms with Gasteiger partial charge in [0.1, 0.15) is 53.4 Å². The molecule has 3 aliphatic heterocycles. The summed E-state index contributed by atoms with van der Waals surface area (Å²) in [5, 5.41) is 11.5. The zero-order valence-electron chi connectivity index (χ0n) is 24.7. The van der Waals surface area contributed by atoms with E-state index in [9.17, 15) is 13.9 Å². The first-order valence-corrected chi connectivity index (χ1v) is 14.9. The van der Waals surface area contributed by atoms with E-state index < -0.39 is 23.3 Å². The second-order valence-electron chi connectivity index (χ2n) is 12.3. The van der Waals surface area contributed by atoms with Gasteiger partial charge in [-0.25, -0.2) is 18.2 Å². The molecule has 11 heteroatoms. The van der Waals surface area contributed by atoms with Crippen molar-refractivity contribution in [2.24, 2.45) is 0 Å². The number of fused-ring (bicyclic) bond motifs is 2. The summed E-state index contributed by atoms with van der Waals surface area (Å²) in [6.45, 7) is 7.52. The zero-order valence-corrected chi connectivity index (χ0v) is 24.7. The number of terminal acetylenes is 1. The van der Waals surface area contributed by atoms with Crippen molar-refractivity contribution in [1.82, 2.24) is 19.9 Å². The molecular formula is C33H32F3N5O3. The quantitative estimate of drug-likeness (QED) is 0.289. The highest BCUT2D eigenvalue weighted by Gasteiger charge is 2.49. The van der Waals surface area contributed by atoms with Crippen LogP contribution in [0.1, 0.15) is 45.6 Å². The van der Waals surface area contributed by atoms with E-state index in [1.807, 2.05) is 25.7 Å². The van der Waals surface area contributed by atoms with Gasteiger partial charge in [-0.2, -0.15) is 9.97 Å². The van der Waals surface area contributed by atoms with Crippen LogP contribution >= 0.6 is 0 Å². The molecule has 0 saturated carbocycles. The van der Waals surface area contributed by atoms with Crippen molar-refractivity contribution in [3.05, 3.63) is 41.5 Å². The van der Waals surface area contributed by atoms with Gasteiger partial charge < -0.3 is 19.5 Å². The predicted molar refractivity (Wildman–Crippen MR) is 161 cm³/mol. The Kier molecular flexibility index (Phi) is 6.73. The fourth-order valence-electron chi connectivity index (χ4n) is 7.28. The van der Waals surface area contributed by atoms with Crippen molar-refractivity contribution in [3.8, 4) is 41.2 Å². The van der Waals surface area contributed by atoms with E-state index in [-0.39, 0.29) is 76.0 Å². The van der Waals surface area contributed by atoms with Crippen molar-refractivity contribution in [2.75, 3.05) is 31.2 Å². The zero-order chi connectivity index (χ0) is 30.9. The van der Waals surface area contributed by atoms with Crippen molar-refractivity contribution in [1.29, 1.82) is 0 Å². The van der Waals surface area contributed by atoms with E-state index in [1.54, 1.807) is 0 Å². The van der Waals surface area contributed by atoms with Crippen LogP contribution < -0.4 is 14.4 Å². The normalized spacial score (nSPS) is 23.2. The Morgan fingerprint density at radius 2 is 2.02 bits per heavy atom. The van der Waals surface area contributed by atoms with Crippen molar-refractivity contribution >= 4 is 27.5 Å². The van der Waals surface area contributed by atoms with E-state index in [4.69, 9.17) is 20.9 Å². The maximum absolute atomic E-state index is 16.8. The highest BCUT2D eigenvalue weighted by molar-refractivity contribution is 6.04. The van der Waals surface area contributed by atoms with Gasteiger partial charge in [0.15, 0.2) is 5.82 Å². The van der Waals surface area contributed by atoms with Crippen LogP contribution in [0, 0.1) is 24.0 Å². The van der Waals surface area contributed by atoms with Crippen LogP contribution in [0.2, 0.25) is 0 Å². The first kappa shape index (κ1) is 28.5. The molecule has 4 aromatic rings. The Bertz CT molecular complexity index is 1860. The number of aromatic hydroxyl groups is 1. The summed E-state index contributed by atoms with van der Waals surface area (Å²) in [6, 6.07) is 5.13. The molecule has 44 heavy (non-hydrogen) atoms. The first-order chi connectivity index (χ1) is 21.1. The highest BCUT2D eigenvalue weighted by Crippen LogP contribution is 2.44. The van der Waals surface area contributed by atoms with Gasteiger partial charge in [0, 0.05) is 30.0 Å². The molecule has 0 spiro atoms. The number of nitrogens with zero attached hydrogens (tertiary/aromatic N) is 5. The number of phenolic OH excluding ortho intramolecular Hbond substituents is 1. The first-order valence-electron chi connectivity index (χ1n) is 14.9. The smallest absolute Gasteiger partial charge is 0.319 e. The van der Waals surface area contributed by atoms with Crippen LogP contribution in [-0.2, 0) is 0 Å². The second kappa shape index (κ2) is 10.4. The van der Waals surface area contributed by atoms with E-state index in [0.29, 0.717) is 24.2 Å². The Morgan fingerprint density at radius 3 is 2.80 bits per heavy atom. The number of aromatic nitrogens is 3. The van der Waals surface area contributed by atoms with E-state index in [2.05, 4.69) is 20.8 Å². The molecule has 0 aliphatic carbocycles. The summed E-state index contributed by atoms with van der Waals surface area (Å²) >= 11 is 0. The molecule has 8 nitrogen and oxygen atoms in total. The van der Waals surface area contributed by atoms with E-state index in [0.717, 1.165) is 19.4 Å². The summed E-state index contributed by atoms with van der Waals surface area (Å²) in [6.07, 6.45) is 6.85. The Labute approximate surface area is 252 Å². The molecule has 5 heterocycles. The molecule has 3 atom stereocenters. The maximum atomic E-state index is 16.8. The standard InChI is InChI=1S/C33H32F3N5O3/c1-5-22-24(35)8-7-19-11-21(42)12-23(25(19)22)28-27(36)29-26-30(41(17(2)3)18(4)15-43-31(26)37-28)39-32(38-29)44-16-33-9-6-10-40(33)14-20(34)13-33/h1,7-8,11-12,17-18,20,42H,6,9-10,13-16H2,2-4H3/t18-,20+,33-/m0/s1. The molecule has 2 aromatic heterocycles. The minimum absolute atomic E-state index is 0.0459. The van der Waals surface area contributed by atoms with Gasteiger partial charge in [-0.3, -0.25) is 4.90 Å². The largest absolute Gasteiger partial charge is 0.508 e. The molecule has 0 radical (unpaired) electrons. The lowest BCUT2D eigenvalue weighted by Crippen LogP contribution is -2.44. The molecule has 2 saturated heterocycles. The lowest BCUT2D eigenvalue weighted by atomic mass is 9.95. The predicted octanol–water partition coefficient (Wildman–Crippen LogP) is 5.76. The summed E-state index contributed by atoms with van der Waals surface area (Å²) in [7, 11) is 0. The molecule has 0 bridgehead atoms. The molecule has 228 valence electrons. The fourth-order valence-corrected chi connectivity index (χ4v) is 7.28. The molecular weight excluding hydrogens is 571 g/mol. The van der Waals surface area contributed by atoms with Crippen LogP contribution in [0.5, 0.6) is 17.6 Å². The second-order valence-corrected chi connectivity index (χ2v) is 12.3. The third-order valence-electron chi connectivity index (χ3n) is 9.13. The van der Waals surface area contributed by atoms with Crippen LogP contribution in [-0.4, -0.2) is 75.1 Å². The number of anilines is 1. The molecule has 1 N–H and O–H groups in total. The summed E-state index contributed by atoms with van der Waals surface area (Å²) in [4.78, 5) is 18.0. The number of alkyl halides is 1. The average molecular weight is 604 g/mol. The van der Waals surface area contributed by atoms with Gasteiger partial charge in [-0.05, 0) is 63.7 Å². The monoisotopic (exact) mass is 603 g/mol. The van der Waals surface area contributed by atoms with Gasteiger partial charge in [-0.15, -0.1) is 6.42 Å². The molecule has 0 unspecified atom stereocenters. The number of pyridine rings is 1. The molecule has 7 rings (SSSR count). The van der Waals surface area contributed by atoms with E-state index >= 15 is 4.39 Å². The lowest BCUT2D eigenvalue weighted by molar-refractivity contribution is 0.107. The summed E-state index contributed by atoms with van der Waals surface area (Å²) < 4.78 is 58.5. The fraction of sp³-hybridized carbons (Fsp3) is 0.424. The third kappa shape index (κ3) is 4.38. The number of hydrogen-bond acceptors (Lipinski definition) is 8. The molecule has 2 aromatic carbocycles. The topological polar surface area (TPSA) is 83.8 Å². The van der Waals surface area contributed by atoms with Gasteiger partial charge in [0.25, 0.3) is 0 Å². The number of halogens is 3. The Hall–Kier alpha value is -4.30. The van der Waals surface area contributed by atoms with Crippen LogP contribution in [0.25, 0.3) is 32.9 Å². The molecule has 2 fully saturated rings. The number of hydrogen-bond donors (Lipinski definition) is 1. The lowest BCUT2D eigenvalue weighted by Gasteiger charge is -2.33. The van der Waals surface area contributed by atoms with Gasteiger partial charge in [0.05, 0.1) is 17.1 Å². The van der Waals surface area contributed by atoms with Crippen LogP contribution in [0.4, 0.5) is 19.0 Å². The number of rotatable bonds is 5. The minimum atomic E-state index is -0.931. The molecule has 3 aliphatic rings. The SMILES string of the molecule is C#Cc1c(F)ccc2cc(O)cc(-c3nc4c5c(nc(OC[C@@]67CCCN6C[C@H](F)C7)nc5c3F)N(C(C)C)[C@@H](C)CO4)c12. The Morgan fingerprint density at radius 1 is 1.20 bits per heavy atom. The number of ether oxygens (including phenoxy) is 2. The van der Waals surface area contributed by atoms with Gasteiger partial charge in [-0.1, -0.05) is 12.0 Å². The van der Waals surface area contributed by atoms with Crippen molar-refractivity contribution in [3.63, 3.8) is 0 Å². The van der Waals surface area contributed by atoms with Crippen molar-refractivity contribution in [2.45, 2.75) is 63.8 Å². The van der Waals surface area contributed by atoms with E-state index in [1.165, 1.54) is 24.3 Å². The minimum Gasteiger partial charge on any atom is -0.508 e.